The summed E-state index contributed by atoms with van der Waals surface area (Å²) in [6.45, 7) is 1.50. The van der Waals surface area contributed by atoms with Gasteiger partial charge in [0.15, 0.2) is 6.29 Å². The van der Waals surface area contributed by atoms with Gasteiger partial charge in [0.1, 0.15) is 0 Å². The van der Waals surface area contributed by atoms with Crippen molar-refractivity contribution in [3.8, 4) is 0 Å². The van der Waals surface area contributed by atoms with E-state index in [1.165, 1.54) is 0 Å². The van der Waals surface area contributed by atoms with Crippen molar-refractivity contribution in [1.82, 2.24) is 0 Å². The van der Waals surface area contributed by atoms with Crippen molar-refractivity contribution in [2.75, 3.05) is 19.5 Å². The maximum atomic E-state index is 5.84. The highest BCUT2D eigenvalue weighted by Gasteiger charge is 2.19. The van der Waals surface area contributed by atoms with Crippen molar-refractivity contribution in [1.29, 1.82) is 0 Å². The molecule has 1 aromatic heterocycles. The normalized spacial score (nSPS) is 26.4. The fraction of sp³-hybridized carbons (Fsp3) is 0.455. The quantitative estimate of drug-likeness (QED) is 0.842. The predicted octanol–water partition coefficient (Wildman–Crippen LogP) is 3.52. The Labute approximate surface area is 109 Å². The van der Waals surface area contributed by atoms with E-state index in [1.807, 2.05) is 24.3 Å². The van der Waals surface area contributed by atoms with Gasteiger partial charge in [0, 0.05) is 4.88 Å². The maximum absolute atomic E-state index is 5.84. The molecule has 5 heteroatoms. The van der Waals surface area contributed by atoms with Crippen LogP contribution in [-0.2, 0) is 9.47 Å². The topological polar surface area (TPSA) is 18.5 Å². The number of ether oxygens (including phenoxy) is 2. The molecule has 1 saturated heterocycles. The van der Waals surface area contributed by atoms with Crippen LogP contribution in [0.15, 0.2) is 18.2 Å². The van der Waals surface area contributed by atoms with Gasteiger partial charge in [-0.25, -0.2) is 0 Å². The number of hydrogen-bond donors (Lipinski definition) is 0. The smallest absolute Gasteiger partial charge is 0.177 e. The summed E-state index contributed by atoms with van der Waals surface area (Å²) in [4.78, 5) is 1.11. The van der Waals surface area contributed by atoms with E-state index < -0.39 is 0 Å². The average molecular weight is 277 g/mol. The van der Waals surface area contributed by atoms with Gasteiger partial charge in [-0.2, -0.15) is 11.8 Å². The van der Waals surface area contributed by atoms with Gasteiger partial charge < -0.3 is 9.47 Å². The van der Waals surface area contributed by atoms with E-state index in [1.54, 1.807) is 23.1 Å². The molecule has 88 valence electrons. The predicted molar refractivity (Wildman–Crippen MR) is 71.4 cm³/mol. The van der Waals surface area contributed by atoms with Crippen LogP contribution in [0.5, 0.6) is 0 Å². The lowest BCUT2D eigenvalue weighted by atomic mass is 10.4. The first-order valence-electron chi connectivity index (χ1n) is 4.97. The molecular formula is C11H13ClO2S2. The Morgan fingerprint density at radius 1 is 1.44 bits per heavy atom. The van der Waals surface area contributed by atoms with Crippen LogP contribution < -0.4 is 0 Å². The van der Waals surface area contributed by atoms with Crippen LogP contribution in [0.3, 0.4) is 0 Å². The summed E-state index contributed by atoms with van der Waals surface area (Å²) in [5, 5.41) is 0.459. The zero-order chi connectivity index (χ0) is 11.4. The minimum Gasteiger partial charge on any atom is -0.348 e. The Morgan fingerprint density at radius 2 is 2.19 bits per heavy atom. The molecular weight excluding hydrogens is 264 g/mol. The van der Waals surface area contributed by atoms with Crippen LogP contribution in [0.1, 0.15) is 4.88 Å². The third-order valence-electron chi connectivity index (χ3n) is 2.24. The van der Waals surface area contributed by atoms with E-state index in [-0.39, 0.29) is 6.29 Å². The molecule has 0 amide bonds. The Morgan fingerprint density at radius 3 is 2.75 bits per heavy atom. The highest BCUT2D eigenvalue weighted by atomic mass is 35.5. The van der Waals surface area contributed by atoms with Crippen molar-refractivity contribution in [3.05, 3.63) is 27.4 Å². The summed E-state index contributed by atoms with van der Waals surface area (Å²) in [5.74, 6) is 0. The van der Waals surface area contributed by atoms with Crippen LogP contribution in [0, 0.1) is 0 Å². The van der Waals surface area contributed by atoms with Crippen LogP contribution in [0.4, 0.5) is 0 Å². The molecule has 0 aliphatic carbocycles. The van der Waals surface area contributed by atoms with Crippen LogP contribution >= 0.6 is 34.7 Å². The molecule has 1 aliphatic heterocycles. The van der Waals surface area contributed by atoms with Crippen molar-refractivity contribution in [2.45, 2.75) is 11.5 Å². The van der Waals surface area contributed by atoms with Gasteiger partial charge >= 0.3 is 0 Å². The van der Waals surface area contributed by atoms with E-state index in [2.05, 4.69) is 6.26 Å². The van der Waals surface area contributed by atoms with Crippen molar-refractivity contribution >= 4 is 40.8 Å². The summed E-state index contributed by atoms with van der Waals surface area (Å²) >= 11 is 9.16. The van der Waals surface area contributed by atoms with E-state index >= 15 is 0 Å². The first-order chi connectivity index (χ1) is 7.78. The molecule has 0 N–H and O–H groups in total. The molecule has 0 aromatic carbocycles. The van der Waals surface area contributed by atoms with Crippen molar-refractivity contribution < 1.29 is 9.47 Å². The zero-order valence-corrected chi connectivity index (χ0v) is 11.3. The number of rotatable bonds is 3. The molecule has 1 aliphatic rings. The number of halogens is 1. The summed E-state index contributed by atoms with van der Waals surface area (Å²) < 4.78 is 11.9. The van der Waals surface area contributed by atoms with Crippen LogP contribution in [0.2, 0.25) is 4.34 Å². The fourth-order valence-corrected chi connectivity index (χ4v) is 2.74. The highest BCUT2D eigenvalue weighted by molar-refractivity contribution is 7.99. The monoisotopic (exact) mass is 276 g/mol. The second-order valence-electron chi connectivity index (χ2n) is 3.39. The molecule has 1 aromatic rings. The molecule has 0 unspecified atom stereocenters. The Balaban J connectivity index is 1.84. The molecule has 0 bridgehead atoms. The lowest BCUT2D eigenvalue weighted by Gasteiger charge is -2.26. The molecule has 2 heterocycles. The molecule has 0 spiro atoms. The lowest BCUT2D eigenvalue weighted by Crippen LogP contribution is -2.32. The second-order valence-corrected chi connectivity index (χ2v) is 6.28. The third kappa shape index (κ3) is 3.50. The Bertz CT molecular complexity index is 357. The Hall–Kier alpha value is -0.0000000000000000486. The first kappa shape index (κ1) is 12.5. The number of thiophene rings is 1. The third-order valence-corrected chi connectivity index (χ3v) is 4.37. The summed E-state index contributed by atoms with van der Waals surface area (Å²) in [5.41, 5.74) is 0. The van der Waals surface area contributed by atoms with Crippen LogP contribution in [0.25, 0.3) is 6.08 Å². The average Bonchev–Trinajstić information content (AvgIpc) is 2.73. The van der Waals surface area contributed by atoms with Gasteiger partial charge in [-0.05, 0) is 30.5 Å². The zero-order valence-electron chi connectivity index (χ0n) is 8.89. The highest BCUT2D eigenvalue weighted by Crippen LogP contribution is 2.23. The van der Waals surface area contributed by atoms with E-state index in [0.29, 0.717) is 5.25 Å². The Kier molecular flexibility index (Phi) is 4.73. The SMILES string of the molecule is CSC1COC(C=Cc2ccc(Cl)s2)OC1. The molecule has 2 rings (SSSR count). The van der Waals surface area contributed by atoms with Gasteiger partial charge in [-0.1, -0.05) is 11.6 Å². The molecule has 0 radical (unpaired) electrons. The molecule has 0 saturated carbocycles. The largest absolute Gasteiger partial charge is 0.348 e. The summed E-state index contributed by atoms with van der Waals surface area (Å²) in [6, 6.07) is 3.87. The van der Waals surface area contributed by atoms with Crippen LogP contribution in [-0.4, -0.2) is 31.0 Å². The summed E-state index contributed by atoms with van der Waals surface area (Å²) in [7, 11) is 0. The van der Waals surface area contributed by atoms with Gasteiger partial charge in [0.05, 0.1) is 22.8 Å². The van der Waals surface area contributed by atoms with Gasteiger partial charge in [-0.3, -0.25) is 0 Å². The van der Waals surface area contributed by atoms with Gasteiger partial charge in [0.2, 0.25) is 0 Å². The summed E-state index contributed by atoms with van der Waals surface area (Å²) in [6.07, 6.45) is 5.77. The van der Waals surface area contributed by atoms with E-state index in [9.17, 15) is 0 Å². The van der Waals surface area contributed by atoms with E-state index in [0.717, 1.165) is 22.4 Å². The van der Waals surface area contributed by atoms with Crippen molar-refractivity contribution in [2.24, 2.45) is 0 Å². The van der Waals surface area contributed by atoms with E-state index in [4.69, 9.17) is 21.1 Å². The lowest BCUT2D eigenvalue weighted by molar-refractivity contribution is -0.145. The molecule has 0 atom stereocenters. The minimum absolute atomic E-state index is 0.218. The van der Waals surface area contributed by atoms with Gasteiger partial charge in [-0.15, -0.1) is 11.3 Å². The first-order valence-corrected chi connectivity index (χ1v) is 7.45. The second kappa shape index (κ2) is 6.07. The minimum atomic E-state index is -0.218. The maximum Gasteiger partial charge on any atom is 0.177 e. The number of hydrogen-bond acceptors (Lipinski definition) is 4. The van der Waals surface area contributed by atoms with Crippen molar-refractivity contribution in [3.63, 3.8) is 0 Å². The van der Waals surface area contributed by atoms with Gasteiger partial charge in [0.25, 0.3) is 0 Å². The number of thioether (sulfide) groups is 1. The fourth-order valence-electron chi connectivity index (χ4n) is 1.34. The molecule has 2 nitrogen and oxygen atoms in total. The molecule has 16 heavy (non-hydrogen) atoms. The molecule has 1 fully saturated rings. The standard InChI is InChI=1S/C11H13ClO2S2/c1-15-9-6-13-11(14-7-9)5-3-8-2-4-10(12)16-8/h2-5,9,11H,6-7H2,1H3.